The van der Waals surface area contributed by atoms with Crippen LogP contribution in [-0.2, 0) is 14.0 Å². The Labute approximate surface area is 155 Å². The normalized spacial score (nSPS) is 14.2. The number of hydrogen-bond donors (Lipinski definition) is 2. The van der Waals surface area contributed by atoms with Crippen LogP contribution in [0.1, 0.15) is 20.7 Å². The molecule has 27 heavy (non-hydrogen) atoms. The van der Waals surface area contributed by atoms with Gasteiger partial charge in [0, 0.05) is 16.5 Å². The molecule has 0 aromatic heterocycles. The molecule has 0 spiro atoms. The molecule has 2 aromatic carbocycles. The van der Waals surface area contributed by atoms with Crippen molar-refractivity contribution in [1.29, 1.82) is 0 Å². The topological polar surface area (TPSA) is 113 Å². The molecular formula is C18H20NO7P. The van der Waals surface area contributed by atoms with Crippen LogP contribution in [0.3, 0.4) is 0 Å². The Hall–Kier alpha value is -2.09. The van der Waals surface area contributed by atoms with E-state index in [0.717, 1.165) is 5.39 Å². The van der Waals surface area contributed by atoms with Crippen LogP contribution >= 0.6 is 7.60 Å². The second kappa shape index (κ2) is 8.29. The molecule has 0 atom stereocenters. The third-order valence-corrected chi connectivity index (χ3v) is 4.98. The molecule has 0 aliphatic carbocycles. The molecule has 1 aliphatic heterocycles. The van der Waals surface area contributed by atoms with Crippen molar-refractivity contribution in [2.24, 2.45) is 0 Å². The zero-order chi connectivity index (χ0) is 19.4. The van der Waals surface area contributed by atoms with Crippen LogP contribution in [0, 0.1) is 0 Å². The highest BCUT2D eigenvalue weighted by molar-refractivity contribution is 7.51. The Bertz CT molecular complexity index is 857. The average molecular weight is 393 g/mol. The van der Waals surface area contributed by atoms with Gasteiger partial charge in [-0.25, -0.2) is 0 Å². The number of amides is 2. The summed E-state index contributed by atoms with van der Waals surface area (Å²) in [6, 6.07) is 10.7. The van der Waals surface area contributed by atoms with Crippen LogP contribution in [0.25, 0.3) is 10.8 Å². The molecule has 2 N–H and O–H groups in total. The maximum absolute atomic E-state index is 12.7. The first kappa shape index (κ1) is 19.7. The monoisotopic (exact) mass is 393 g/mol. The van der Waals surface area contributed by atoms with E-state index in [4.69, 9.17) is 19.3 Å². The van der Waals surface area contributed by atoms with Crippen molar-refractivity contribution < 1.29 is 33.4 Å². The van der Waals surface area contributed by atoms with E-state index in [2.05, 4.69) is 0 Å². The molecule has 0 unspecified atom stereocenters. The Morgan fingerprint density at radius 3 is 1.96 bits per heavy atom. The van der Waals surface area contributed by atoms with E-state index in [0.29, 0.717) is 16.5 Å². The van der Waals surface area contributed by atoms with Gasteiger partial charge in [0.2, 0.25) is 0 Å². The van der Waals surface area contributed by atoms with Gasteiger partial charge in [0.1, 0.15) is 0 Å². The van der Waals surface area contributed by atoms with Crippen molar-refractivity contribution in [1.82, 2.24) is 4.90 Å². The lowest BCUT2D eigenvalue weighted by Crippen LogP contribution is -2.42. The number of imide groups is 1. The maximum atomic E-state index is 12.7. The first-order valence-corrected chi connectivity index (χ1v) is 10.3. The molecule has 9 heteroatoms. The van der Waals surface area contributed by atoms with Gasteiger partial charge in [-0.15, -0.1) is 0 Å². The molecule has 2 amide bonds. The van der Waals surface area contributed by atoms with Gasteiger partial charge >= 0.3 is 7.60 Å². The van der Waals surface area contributed by atoms with Gasteiger partial charge in [0.05, 0.1) is 39.1 Å². The number of hydrogen-bond acceptors (Lipinski definition) is 5. The van der Waals surface area contributed by atoms with Crippen LogP contribution in [0.15, 0.2) is 36.4 Å². The van der Waals surface area contributed by atoms with Gasteiger partial charge < -0.3 is 19.3 Å². The summed E-state index contributed by atoms with van der Waals surface area (Å²) >= 11 is 0. The quantitative estimate of drug-likeness (QED) is 0.378. The predicted molar refractivity (Wildman–Crippen MR) is 97.9 cm³/mol. The van der Waals surface area contributed by atoms with Gasteiger partial charge in [-0.05, 0) is 17.5 Å². The van der Waals surface area contributed by atoms with E-state index < -0.39 is 7.60 Å². The number of rotatable bonds is 9. The molecule has 8 nitrogen and oxygen atoms in total. The van der Waals surface area contributed by atoms with Crippen LogP contribution in [-0.4, -0.2) is 65.6 Å². The molecule has 0 saturated heterocycles. The SMILES string of the molecule is O=C1c2cccc3cccc(c23)C(=O)N1CCOCCOCCP(=O)(O)O. The van der Waals surface area contributed by atoms with Crippen LogP contribution in [0.5, 0.6) is 0 Å². The van der Waals surface area contributed by atoms with E-state index in [1.165, 1.54) is 4.90 Å². The van der Waals surface area contributed by atoms with Crippen molar-refractivity contribution in [2.45, 2.75) is 0 Å². The zero-order valence-electron chi connectivity index (χ0n) is 14.5. The van der Waals surface area contributed by atoms with E-state index in [9.17, 15) is 14.2 Å². The number of benzene rings is 2. The minimum atomic E-state index is -4.05. The first-order chi connectivity index (χ1) is 12.9. The van der Waals surface area contributed by atoms with Crippen LogP contribution in [0.4, 0.5) is 0 Å². The molecule has 3 rings (SSSR count). The number of nitrogens with zero attached hydrogens (tertiary/aromatic N) is 1. The third-order valence-electron chi connectivity index (χ3n) is 4.21. The van der Waals surface area contributed by atoms with Gasteiger partial charge in [-0.3, -0.25) is 19.1 Å². The minimum Gasteiger partial charge on any atom is -0.378 e. The summed E-state index contributed by atoms with van der Waals surface area (Å²) in [6.45, 7) is 0.577. The molecular weight excluding hydrogens is 373 g/mol. The van der Waals surface area contributed by atoms with Crippen molar-refractivity contribution >= 4 is 30.2 Å². The highest BCUT2D eigenvalue weighted by Crippen LogP contribution is 2.33. The van der Waals surface area contributed by atoms with Crippen LogP contribution in [0.2, 0.25) is 0 Å². The number of carbonyl (C=O) groups is 2. The number of carbonyl (C=O) groups excluding carboxylic acids is 2. The molecule has 0 fully saturated rings. The fourth-order valence-corrected chi connectivity index (χ4v) is 3.31. The lowest BCUT2D eigenvalue weighted by molar-refractivity contribution is 0.0363. The lowest BCUT2D eigenvalue weighted by atomic mass is 9.94. The molecule has 1 heterocycles. The molecule has 0 radical (unpaired) electrons. The fourth-order valence-electron chi connectivity index (χ4n) is 2.94. The molecule has 144 valence electrons. The van der Waals surface area contributed by atoms with Gasteiger partial charge in [-0.2, -0.15) is 0 Å². The van der Waals surface area contributed by atoms with E-state index in [1.54, 1.807) is 24.3 Å². The Balaban J connectivity index is 1.51. The predicted octanol–water partition coefficient (Wildman–Crippen LogP) is 1.65. The summed E-state index contributed by atoms with van der Waals surface area (Å²) in [7, 11) is -4.05. The summed E-state index contributed by atoms with van der Waals surface area (Å²) < 4.78 is 21.1. The third kappa shape index (κ3) is 4.61. The highest BCUT2D eigenvalue weighted by atomic mass is 31.2. The Kier molecular flexibility index (Phi) is 6.04. The van der Waals surface area contributed by atoms with Gasteiger partial charge in [-0.1, -0.05) is 24.3 Å². The maximum Gasteiger partial charge on any atom is 0.327 e. The largest absolute Gasteiger partial charge is 0.378 e. The molecule has 0 saturated carbocycles. The summed E-state index contributed by atoms with van der Waals surface area (Å²) in [5.41, 5.74) is 1.01. The van der Waals surface area contributed by atoms with Crippen molar-refractivity contribution in [3.63, 3.8) is 0 Å². The second-order valence-corrected chi connectivity index (χ2v) is 7.86. The van der Waals surface area contributed by atoms with Crippen molar-refractivity contribution in [2.75, 3.05) is 39.1 Å². The molecule has 1 aliphatic rings. The second-order valence-electron chi connectivity index (χ2n) is 6.08. The fraction of sp³-hybridized carbons (Fsp3) is 0.333. The van der Waals surface area contributed by atoms with Crippen molar-refractivity contribution in [3.05, 3.63) is 47.5 Å². The van der Waals surface area contributed by atoms with Gasteiger partial charge in [0.25, 0.3) is 11.8 Å². The molecule has 0 bridgehead atoms. The number of ether oxygens (including phenoxy) is 2. The molecule has 2 aromatic rings. The first-order valence-electron chi connectivity index (χ1n) is 8.46. The summed E-state index contributed by atoms with van der Waals surface area (Å²) in [5.74, 6) is -0.684. The summed E-state index contributed by atoms with van der Waals surface area (Å²) in [6.07, 6.45) is -0.339. The van der Waals surface area contributed by atoms with Gasteiger partial charge in [0.15, 0.2) is 0 Å². The summed E-state index contributed by atoms with van der Waals surface area (Å²) in [5, 5.41) is 1.54. The summed E-state index contributed by atoms with van der Waals surface area (Å²) in [4.78, 5) is 43.9. The zero-order valence-corrected chi connectivity index (χ0v) is 15.4. The highest BCUT2D eigenvalue weighted by Gasteiger charge is 2.32. The van der Waals surface area contributed by atoms with Crippen LogP contribution < -0.4 is 0 Å². The Morgan fingerprint density at radius 1 is 0.852 bits per heavy atom. The van der Waals surface area contributed by atoms with E-state index in [-0.39, 0.29) is 50.9 Å². The van der Waals surface area contributed by atoms with E-state index >= 15 is 0 Å². The van der Waals surface area contributed by atoms with Crippen molar-refractivity contribution in [3.8, 4) is 0 Å². The average Bonchev–Trinajstić information content (AvgIpc) is 2.63. The Morgan fingerprint density at radius 2 is 1.41 bits per heavy atom. The lowest BCUT2D eigenvalue weighted by Gasteiger charge is -2.27. The minimum absolute atomic E-state index is 0.0580. The van der Waals surface area contributed by atoms with E-state index in [1.807, 2.05) is 12.1 Å². The smallest absolute Gasteiger partial charge is 0.327 e. The standard InChI is InChI=1S/C18H20NO7P/c20-17-14-5-1-3-13-4-2-6-15(16(13)14)18(21)19(17)7-8-25-9-10-26-11-12-27(22,23)24/h1-6H,7-12H2,(H2,22,23,24).